The van der Waals surface area contributed by atoms with Crippen LogP contribution in [0.2, 0.25) is 5.02 Å². The molecule has 2 heterocycles. The first-order valence-electron chi connectivity index (χ1n) is 16.5. The van der Waals surface area contributed by atoms with Gasteiger partial charge in [-0.3, -0.25) is 4.99 Å². The van der Waals surface area contributed by atoms with Crippen molar-refractivity contribution in [3.05, 3.63) is 45.4 Å². The Labute approximate surface area is 272 Å². The number of halogens is 2. The van der Waals surface area contributed by atoms with Crippen LogP contribution in [0.1, 0.15) is 115 Å². The standard InChI is InChI=1S/C17H20ClFN2O.C11H22N2.C8H17N/c1-9(2)16(20-3)15(19)17(21-4)12-7-11(22)8-13(18)14(12)10-5-6-10;1-12-9-6-8-11-7-4-2-3-5-10-13-11;1-8(2)5-4-6-9(3)7-8/h7-8,10,21-22H,3,5-6H2,1-2,4H3;11,13H,1-10H2;4-7H2,1-3H3/b17-15+;;. The molecule has 3 N–H and O–H groups in total. The topological polar surface area (TPSA) is 72.2 Å². The van der Waals surface area contributed by atoms with Crippen molar-refractivity contribution in [1.82, 2.24) is 15.5 Å². The number of likely N-dealkylation sites (tertiary alicyclic amines) is 1. The molecule has 1 aliphatic carbocycles. The van der Waals surface area contributed by atoms with Gasteiger partial charge in [0.1, 0.15) is 5.75 Å². The molecular formula is C36H59ClFN5O. The van der Waals surface area contributed by atoms with E-state index in [4.69, 9.17) is 11.6 Å². The van der Waals surface area contributed by atoms with Crippen LogP contribution in [0.5, 0.6) is 5.75 Å². The van der Waals surface area contributed by atoms with Gasteiger partial charge in [0, 0.05) is 36.8 Å². The molecule has 1 aromatic rings. The van der Waals surface area contributed by atoms with Gasteiger partial charge in [-0.1, -0.05) is 44.7 Å². The van der Waals surface area contributed by atoms with E-state index in [1.165, 1.54) is 89.6 Å². The number of piperidine rings is 1. The molecular weight excluding hydrogens is 573 g/mol. The molecule has 2 saturated heterocycles. The van der Waals surface area contributed by atoms with Crippen LogP contribution in [-0.4, -0.2) is 69.8 Å². The van der Waals surface area contributed by atoms with Crippen LogP contribution in [0.4, 0.5) is 4.39 Å². The van der Waals surface area contributed by atoms with Crippen molar-refractivity contribution in [2.24, 2.45) is 15.4 Å². The van der Waals surface area contributed by atoms with Crippen molar-refractivity contribution in [3.63, 3.8) is 0 Å². The van der Waals surface area contributed by atoms with E-state index in [0.717, 1.165) is 36.6 Å². The average Bonchev–Trinajstić information content (AvgIpc) is 3.75. The molecule has 6 nitrogen and oxygen atoms in total. The number of phenolic OH excluding ortho intramolecular Hbond substituents is 1. The lowest BCUT2D eigenvalue weighted by molar-refractivity contribution is 0.143. The number of nitrogens with one attached hydrogen (secondary N) is 2. The smallest absolute Gasteiger partial charge is 0.172 e. The SMILES string of the molecule is C=NC(=C(C)C)/C(F)=C(\NC)c1cc(O)cc(Cl)c1C1CC1.C=NCCCC1CCCCCCN1.CN1CCCC(C)(C)C1. The number of nitrogens with zero attached hydrogens (tertiary/aromatic N) is 3. The number of aromatic hydroxyl groups is 1. The van der Waals surface area contributed by atoms with Crippen molar-refractivity contribution in [1.29, 1.82) is 0 Å². The maximum atomic E-state index is 14.9. The highest BCUT2D eigenvalue weighted by atomic mass is 35.5. The van der Waals surface area contributed by atoms with Crippen molar-refractivity contribution >= 4 is 30.7 Å². The molecule has 0 spiro atoms. The number of aliphatic imine (C=N–C) groups is 2. The van der Waals surface area contributed by atoms with Gasteiger partial charge in [0.25, 0.3) is 0 Å². The van der Waals surface area contributed by atoms with Gasteiger partial charge in [-0.15, -0.1) is 0 Å². The summed E-state index contributed by atoms with van der Waals surface area (Å²) >= 11 is 6.27. The second kappa shape index (κ2) is 19.3. The van der Waals surface area contributed by atoms with Gasteiger partial charge in [-0.25, -0.2) is 4.39 Å². The number of hydrogen-bond acceptors (Lipinski definition) is 6. The number of benzene rings is 1. The molecule has 3 fully saturated rings. The molecule has 1 unspecified atom stereocenters. The number of rotatable bonds is 9. The maximum absolute atomic E-state index is 14.9. The molecule has 4 rings (SSSR count). The minimum Gasteiger partial charge on any atom is -0.508 e. The van der Waals surface area contributed by atoms with Crippen LogP contribution >= 0.6 is 11.6 Å². The van der Waals surface area contributed by atoms with Gasteiger partial charge in [-0.2, -0.15) is 0 Å². The summed E-state index contributed by atoms with van der Waals surface area (Å²) in [6.45, 7) is 19.9. The zero-order valence-corrected chi connectivity index (χ0v) is 29.1. The zero-order chi connectivity index (χ0) is 32.7. The molecule has 1 aromatic carbocycles. The van der Waals surface area contributed by atoms with Gasteiger partial charge < -0.3 is 25.6 Å². The average molecular weight is 632 g/mol. The number of allylic oxidation sites excluding steroid dienone is 2. The summed E-state index contributed by atoms with van der Waals surface area (Å²) in [6.07, 6.45) is 14.2. The van der Waals surface area contributed by atoms with Crippen LogP contribution < -0.4 is 10.6 Å². The van der Waals surface area contributed by atoms with E-state index < -0.39 is 5.83 Å². The summed E-state index contributed by atoms with van der Waals surface area (Å²) in [5.74, 6) is -0.178. The molecule has 3 aliphatic rings. The normalized spacial score (nSPS) is 20.7. The van der Waals surface area contributed by atoms with Gasteiger partial charge in [-0.05, 0) is 133 Å². The van der Waals surface area contributed by atoms with Gasteiger partial charge >= 0.3 is 0 Å². The Bertz CT molecular complexity index is 1120. The fourth-order valence-electron chi connectivity index (χ4n) is 6.22. The summed E-state index contributed by atoms with van der Waals surface area (Å²) < 4.78 is 14.9. The molecule has 8 heteroatoms. The van der Waals surface area contributed by atoms with E-state index in [-0.39, 0.29) is 17.1 Å². The van der Waals surface area contributed by atoms with Crippen LogP contribution in [0.15, 0.2) is 39.2 Å². The summed E-state index contributed by atoms with van der Waals surface area (Å²) in [4.78, 5) is 10.1. The lowest BCUT2D eigenvalue weighted by atomic mass is 9.84. The van der Waals surface area contributed by atoms with Crippen molar-refractivity contribution in [2.45, 2.75) is 110 Å². The highest BCUT2D eigenvalue weighted by molar-refractivity contribution is 6.32. The Morgan fingerprint density at radius 3 is 2.39 bits per heavy atom. The highest BCUT2D eigenvalue weighted by Crippen LogP contribution is 2.48. The fraction of sp³-hybridized carbons (Fsp3) is 0.667. The Hall–Kier alpha value is -2.22. The monoisotopic (exact) mass is 631 g/mol. The highest BCUT2D eigenvalue weighted by Gasteiger charge is 2.31. The van der Waals surface area contributed by atoms with Crippen LogP contribution in [0, 0.1) is 5.41 Å². The first kappa shape index (κ1) is 38.0. The van der Waals surface area contributed by atoms with E-state index in [9.17, 15) is 9.50 Å². The van der Waals surface area contributed by atoms with Crippen molar-refractivity contribution in [3.8, 4) is 5.75 Å². The Morgan fingerprint density at radius 1 is 1.14 bits per heavy atom. The third-order valence-corrected chi connectivity index (χ3v) is 8.86. The predicted octanol–water partition coefficient (Wildman–Crippen LogP) is 8.90. The Kier molecular flexibility index (Phi) is 16.7. The summed E-state index contributed by atoms with van der Waals surface area (Å²) in [5.41, 5.74) is 3.21. The minimum absolute atomic E-state index is 0.00950. The largest absolute Gasteiger partial charge is 0.508 e. The third-order valence-electron chi connectivity index (χ3n) is 8.55. The zero-order valence-electron chi connectivity index (χ0n) is 28.4. The van der Waals surface area contributed by atoms with Crippen molar-refractivity contribution < 1.29 is 9.50 Å². The molecule has 0 amide bonds. The van der Waals surface area contributed by atoms with Gasteiger partial charge in [0.15, 0.2) is 5.83 Å². The molecule has 1 atom stereocenters. The van der Waals surface area contributed by atoms with E-state index in [2.05, 4.69) is 59.8 Å². The number of phenols is 1. The van der Waals surface area contributed by atoms with Gasteiger partial charge in [0.05, 0.1) is 11.4 Å². The first-order chi connectivity index (χ1) is 20.9. The maximum Gasteiger partial charge on any atom is 0.172 e. The van der Waals surface area contributed by atoms with E-state index in [1.54, 1.807) is 20.9 Å². The quantitative estimate of drug-likeness (QED) is 0.145. The number of hydrogen-bond donors (Lipinski definition) is 3. The molecule has 0 radical (unpaired) electrons. The summed E-state index contributed by atoms with van der Waals surface area (Å²) in [6, 6.07) is 3.79. The molecule has 0 aromatic heterocycles. The molecule has 248 valence electrons. The second-order valence-electron chi connectivity index (χ2n) is 13.6. The van der Waals surface area contributed by atoms with E-state index in [1.807, 2.05) is 0 Å². The van der Waals surface area contributed by atoms with Crippen LogP contribution in [0.3, 0.4) is 0 Å². The summed E-state index contributed by atoms with van der Waals surface area (Å²) in [5, 5.41) is 16.8. The minimum atomic E-state index is -0.499. The molecule has 0 bridgehead atoms. The molecule has 1 saturated carbocycles. The van der Waals surface area contributed by atoms with Crippen molar-refractivity contribution in [2.75, 3.05) is 40.3 Å². The summed E-state index contributed by atoms with van der Waals surface area (Å²) in [7, 11) is 3.84. The first-order valence-corrected chi connectivity index (χ1v) is 16.9. The predicted molar refractivity (Wildman–Crippen MR) is 189 cm³/mol. The molecule has 44 heavy (non-hydrogen) atoms. The Balaban J connectivity index is 0.000000258. The lowest BCUT2D eigenvalue weighted by Gasteiger charge is -2.35. The van der Waals surface area contributed by atoms with Gasteiger partial charge in [0.2, 0.25) is 0 Å². The molecule has 2 aliphatic heterocycles. The van der Waals surface area contributed by atoms with E-state index >= 15 is 0 Å². The van der Waals surface area contributed by atoms with E-state index in [0.29, 0.717) is 21.9 Å². The van der Waals surface area contributed by atoms with Crippen LogP contribution in [-0.2, 0) is 0 Å². The lowest BCUT2D eigenvalue weighted by Crippen LogP contribution is -2.37. The Morgan fingerprint density at radius 2 is 1.84 bits per heavy atom. The third kappa shape index (κ3) is 13.0. The van der Waals surface area contributed by atoms with Crippen LogP contribution in [0.25, 0.3) is 5.70 Å². The fourth-order valence-corrected chi connectivity index (χ4v) is 6.58. The second-order valence-corrected chi connectivity index (χ2v) is 14.0.